The summed E-state index contributed by atoms with van der Waals surface area (Å²) in [6.07, 6.45) is 0.777. The number of carbonyl (C=O) groups excluding carboxylic acids is 3. The number of alkyl carbamates (subject to hydrolysis) is 1. The highest BCUT2D eigenvalue weighted by molar-refractivity contribution is 5.85. The Hall–Kier alpha value is -3.89. The standard InChI is InChI=1S/C35H42N2O8/c1-20-12-13-23-19-26-35(41)15-14-25(29-34(35,16-17-37(26)6)27(23)28(20)44-29)43-30(38)21(2)42-31(39)24(18-22-10-8-7-9-11-22)36-32(40)45-33(3,4)5/h7-14,21,24,26,29,41H,15-19H2,1-6H3,(H,36,40)/t21-,24-,26+,29-,34-,35+/m0/s1. The van der Waals surface area contributed by atoms with Gasteiger partial charge in [0.1, 0.15) is 23.2 Å². The molecule has 0 aromatic heterocycles. The molecular weight excluding hydrogens is 576 g/mol. The normalized spacial score (nSPS) is 27.7. The van der Waals surface area contributed by atoms with Gasteiger partial charge < -0.3 is 34.3 Å². The summed E-state index contributed by atoms with van der Waals surface area (Å²) in [5, 5.41) is 14.9. The zero-order chi connectivity index (χ0) is 32.3. The van der Waals surface area contributed by atoms with Crippen molar-refractivity contribution in [2.45, 2.75) is 101 Å². The van der Waals surface area contributed by atoms with Crippen molar-refractivity contribution < 1.29 is 38.4 Å². The number of aryl methyl sites for hydroxylation is 1. The molecule has 2 aliphatic carbocycles. The summed E-state index contributed by atoms with van der Waals surface area (Å²) < 4.78 is 23.4. The second-order valence-corrected chi connectivity index (χ2v) is 13.8. The number of hydrogen-bond acceptors (Lipinski definition) is 9. The van der Waals surface area contributed by atoms with Gasteiger partial charge in [0.05, 0.1) is 11.0 Å². The largest absolute Gasteiger partial charge is 0.481 e. The van der Waals surface area contributed by atoms with Crippen molar-refractivity contribution in [3.8, 4) is 5.75 Å². The molecule has 45 heavy (non-hydrogen) atoms. The Balaban J connectivity index is 1.20. The molecule has 10 heteroatoms. The number of piperidine rings is 1. The van der Waals surface area contributed by atoms with Crippen molar-refractivity contribution in [1.29, 1.82) is 0 Å². The molecule has 0 saturated carbocycles. The first-order valence-corrected chi connectivity index (χ1v) is 15.6. The molecule has 1 saturated heterocycles. The third kappa shape index (κ3) is 5.27. The van der Waals surface area contributed by atoms with Crippen molar-refractivity contribution >= 4 is 18.0 Å². The van der Waals surface area contributed by atoms with Crippen molar-refractivity contribution in [2.75, 3.05) is 13.6 Å². The van der Waals surface area contributed by atoms with E-state index in [9.17, 15) is 19.5 Å². The number of likely N-dealkylation sites (tertiary alicyclic amines) is 1. The van der Waals surface area contributed by atoms with E-state index in [0.29, 0.717) is 25.0 Å². The molecule has 6 atom stereocenters. The van der Waals surface area contributed by atoms with Gasteiger partial charge >= 0.3 is 18.0 Å². The molecule has 1 spiro atoms. The Morgan fingerprint density at radius 2 is 1.87 bits per heavy atom. The van der Waals surface area contributed by atoms with E-state index in [2.05, 4.69) is 16.3 Å². The summed E-state index contributed by atoms with van der Waals surface area (Å²) in [6, 6.07) is 12.1. The molecule has 0 unspecified atom stereocenters. The summed E-state index contributed by atoms with van der Waals surface area (Å²) in [5.74, 6) is -0.509. The van der Waals surface area contributed by atoms with Crippen LogP contribution in [-0.4, -0.2) is 77.1 Å². The van der Waals surface area contributed by atoms with Gasteiger partial charge in [0.2, 0.25) is 0 Å². The second kappa shape index (κ2) is 11.2. The molecule has 1 fully saturated rings. The Bertz CT molecular complexity index is 1550. The van der Waals surface area contributed by atoms with E-state index in [4.69, 9.17) is 18.9 Å². The molecular formula is C35H42N2O8. The topological polar surface area (TPSA) is 124 Å². The number of aliphatic hydroxyl groups is 1. The molecule has 2 N–H and O–H groups in total. The van der Waals surface area contributed by atoms with Crippen LogP contribution < -0.4 is 10.1 Å². The molecule has 0 radical (unpaired) electrons. The number of carbonyl (C=O) groups is 3. The zero-order valence-corrected chi connectivity index (χ0v) is 26.7. The molecule has 6 rings (SSSR count). The molecule has 10 nitrogen and oxygen atoms in total. The molecule has 240 valence electrons. The number of ether oxygens (including phenoxy) is 4. The first-order chi connectivity index (χ1) is 21.2. The summed E-state index contributed by atoms with van der Waals surface area (Å²) in [7, 11) is 2.04. The smallest absolute Gasteiger partial charge is 0.408 e. The fourth-order valence-electron chi connectivity index (χ4n) is 7.58. The molecule has 2 bridgehead atoms. The number of benzene rings is 2. The van der Waals surface area contributed by atoms with Crippen molar-refractivity contribution in [2.24, 2.45) is 0 Å². The van der Waals surface area contributed by atoms with E-state index in [1.807, 2.05) is 50.4 Å². The summed E-state index contributed by atoms with van der Waals surface area (Å²) >= 11 is 0. The van der Waals surface area contributed by atoms with Crippen LogP contribution in [0.3, 0.4) is 0 Å². The molecule has 2 aromatic carbocycles. The Labute approximate surface area is 263 Å². The van der Waals surface area contributed by atoms with Crippen LogP contribution in [0.1, 0.15) is 62.8 Å². The maximum Gasteiger partial charge on any atom is 0.408 e. The summed E-state index contributed by atoms with van der Waals surface area (Å²) in [4.78, 5) is 41.6. The van der Waals surface area contributed by atoms with Gasteiger partial charge in [-0.2, -0.15) is 0 Å². The highest BCUT2D eigenvalue weighted by atomic mass is 16.6. The highest BCUT2D eigenvalue weighted by Gasteiger charge is 2.71. The van der Waals surface area contributed by atoms with Crippen LogP contribution in [0.25, 0.3) is 0 Å². The maximum atomic E-state index is 13.5. The lowest BCUT2D eigenvalue weighted by Crippen LogP contribution is -2.74. The van der Waals surface area contributed by atoms with Gasteiger partial charge in [-0.15, -0.1) is 0 Å². The van der Waals surface area contributed by atoms with Gasteiger partial charge in [-0.3, -0.25) is 0 Å². The Morgan fingerprint density at radius 3 is 2.58 bits per heavy atom. The fourth-order valence-corrected chi connectivity index (χ4v) is 7.58. The third-order valence-corrected chi connectivity index (χ3v) is 9.67. The monoisotopic (exact) mass is 618 g/mol. The van der Waals surface area contributed by atoms with Crippen LogP contribution in [0.4, 0.5) is 4.79 Å². The number of hydrogen-bond donors (Lipinski definition) is 2. The van der Waals surface area contributed by atoms with Crippen LogP contribution >= 0.6 is 0 Å². The van der Waals surface area contributed by atoms with E-state index < -0.39 is 52.9 Å². The molecule has 4 aliphatic rings. The van der Waals surface area contributed by atoms with Crippen LogP contribution in [0, 0.1) is 6.92 Å². The number of likely N-dealkylation sites (N-methyl/N-ethyl adjacent to an activating group) is 1. The lowest BCUT2D eigenvalue weighted by molar-refractivity contribution is -0.176. The van der Waals surface area contributed by atoms with Crippen LogP contribution in [0.15, 0.2) is 54.3 Å². The second-order valence-electron chi connectivity index (χ2n) is 13.8. The number of nitrogens with zero attached hydrogens (tertiary/aromatic N) is 1. The molecule has 1 amide bonds. The first-order valence-electron chi connectivity index (χ1n) is 15.6. The van der Waals surface area contributed by atoms with Crippen molar-refractivity contribution in [1.82, 2.24) is 10.2 Å². The maximum absolute atomic E-state index is 13.5. The van der Waals surface area contributed by atoms with Crippen LogP contribution in [0.5, 0.6) is 5.75 Å². The Kier molecular flexibility index (Phi) is 7.72. The number of esters is 2. The van der Waals surface area contributed by atoms with E-state index in [0.717, 1.165) is 34.5 Å². The minimum atomic E-state index is -1.28. The van der Waals surface area contributed by atoms with E-state index >= 15 is 0 Å². The number of nitrogens with one attached hydrogen (secondary N) is 1. The summed E-state index contributed by atoms with van der Waals surface area (Å²) in [5.41, 5.74) is 1.31. The zero-order valence-electron chi connectivity index (χ0n) is 26.7. The van der Waals surface area contributed by atoms with E-state index in [1.54, 1.807) is 26.8 Å². The predicted octanol–water partition coefficient (Wildman–Crippen LogP) is 3.88. The van der Waals surface area contributed by atoms with Gasteiger partial charge in [0.25, 0.3) is 0 Å². The van der Waals surface area contributed by atoms with Crippen molar-refractivity contribution in [3.05, 3.63) is 76.6 Å². The van der Waals surface area contributed by atoms with E-state index in [1.165, 1.54) is 6.92 Å². The lowest BCUT2D eigenvalue weighted by atomic mass is 9.50. The van der Waals surface area contributed by atoms with Crippen LogP contribution in [0.2, 0.25) is 0 Å². The van der Waals surface area contributed by atoms with Crippen LogP contribution in [-0.2, 0) is 42.1 Å². The highest BCUT2D eigenvalue weighted by Crippen LogP contribution is 2.64. The minimum Gasteiger partial charge on any atom is -0.481 e. The van der Waals surface area contributed by atoms with Gasteiger partial charge in [-0.05, 0) is 83.8 Å². The molecule has 2 aromatic rings. The lowest BCUT2D eigenvalue weighted by Gasteiger charge is -2.61. The minimum absolute atomic E-state index is 0.106. The molecule has 2 heterocycles. The average Bonchev–Trinajstić information content (AvgIpc) is 3.33. The SMILES string of the molecule is Cc1ccc2c3c1O[C@H]1C(OC(=O)[C@H](C)OC(=O)[C@H](Cc4ccccc4)NC(=O)OC(C)(C)C)=CC[C@@]4(O)[C@@H](C2)N(C)CC[C@]314. The number of rotatable bonds is 7. The quantitative estimate of drug-likeness (QED) is 0.352. The van der Waals surface area contributed by atoms with Gasteiger partial charge in [0, 0.05) is 24.4 Å². The third-order valence-electron chi connectivity index (χ3n) is 9.67. The van der Waals surface area contributed by atoms with Gasteiger partial charge in [-0.1, -0.05) is 42.5 Å². The van der Waals surface area contributed by atoms with Gasteiger partial charge in [0.15, 0.2) is 12.2 Å². The fraction of sp³-hybridized carbons (Fsp3) is 0.514. The Morgan fingerprint density at radius 1 is 1.13 bits per heavy atom. The predicted molar refractivity (Wildman–Crippen MR) is 165 cm³/mol. The van der Waals surface area contributed by atoms with E-state index in [-0.39, 0.29) is 12.5 Å². The van der Waals surface area contributed by atoms with Crippen molar-refractivity contribution in [3.63, 3.8) is 0 Å². The average molecular weight is 619 g/mol. The first kappa shape index (κ1) is 31.1. The number of amides is 1. The molecule has 2 aliphatic heterocycles. The summed E-state index contributed by atoms with van der Waals surface area (Å²) in [6.45, 7) is 9.36. The van der Waals surface area contributed by atoms with Gasteiger partial charge in [-0.25, -0.2) is 14.4 Å².